The number of carbonyl (C=O) groups is 2. The molecule has 0 aliphatic carbocycles. The maximum Gasteiger partial charge on any atom is 0.356 e. The van der Waals surface area contributed by atoms with Crippen LogP contribution in [0.5, 0.6) is 0 Å². The van der Waals surface area contributed by atoms with E-state index in [9.17, 15) is 14.7 Å². The molecule has 2 rings (SSSR count). The van der Waals surface area contributed by atoms with Gasteiger partial charge in [0.15, 0.2) is 5.69 Å². The van der Waals surface area contributed by atoms with Crippen molar-refractivity contribution in [2.75, 3.05) is 13.7 Å². The number of ether oxygens (including phenoxy) is 1. The summed E-state index contributed by atoms with van der Waals surface area (Å²) >= 11 is 0. The van der Waals surface area contributed by atoms with Gasteiger partial charge in [-0.25, -0.2) is 4.79 Å². The second-order valence-electron chi connectivity index (χ2n) is 4.84. The van der Waals surface area contributed by atoms with E-state index in [0.29, 0.717) is 24.9 Å². The first kappa shape index (κ1) is 14.5. The van der Waals surface area contributed by atoms with Crippen LogP contribution in [0.15, 0.2) is 0 Å². The fourth-order valence-electron chi connectivity index (χ4n) is 2.60. The Balaban J connectivity index is 2.26. The summed E-state index contributed by atoms with van der Waals surface area (Å²) in [5.41, 5.74) is 1.55. The minimum atomic E-state index is -1.06. The standard InChI is InChI=1S/C13H19N3O4/c1-4-10(20-3)12(17)16-6-5-9-8(7-16)11(13(18)19)14-15(9)2/h10H,4-7H2,1-3H3,(H,18,19)/t10-/m0/s1. The molecule has 1 aliphatic heterocycles. The van der Waals surface area contributed by atoms with Gasteiger partial charge in [-0.15, -0.1) is 0 Å². The van der Waals surface area contributed by atoms with Crippen LogP contribution in [0.2, 0.25) is 0 Å². The molecule has 7 heteroatoms. The molecule has 0 radical (unpaired) electrons. The van der Waals surface area contributed by atoms with Crippen LogP contribution in [0, 0.1) is 0 Å². The van der Waals surface area contributed by atoms with E-state index < -0.39 is 12.1 Å². The third kappa shape index (κ3) is 2.40. The van der Waals surface area contributed by atoms with Gasteiger partial charge in [-0.2, -0.15) is 5.10 Å². The lowest BCUT2D eigenvalue weighted by Gasteiger charge is -2.30. The number of carboxylic acid groups (broad SMARTS) is 1. The van der Waals surface area contributed by atoms with Gasteiger partial charge in [0.2, 0.25) is 0 Å². The third-order valence-electron chi connectivity index (χ3n) is 3.69. The van der Waals surface area contributed by atoms with Crippen LogP contribution in [0.4, 0.5) is 0 Å². The summed E-state index contributed by atoms with van der Waals surface area (Å²) in [4.78, 5) is 25.1. The molecule has 20 heavy (non-hydrogen) atoms. The van der Waals surface area contributed by atoms with Gasteiger partial charge >= 0.3 is 5.97 Å². The van der Waals surface area contributed by atoms with Gasteiger partial charge in [0, 0.05) is 44.9 Å². The zero-order chi connectivity index (χ0) is 14.9. The number of carbonyl (C=O) groups excluding carboxylic acids is 1. The van der Waals surface area contributed by atoms with Crippen LogP contribution >= 0.6 is 0 Å². The number of hydrogen-bond acceptors (Lipinski definition) is 4. The fourth-order valence-corrected chi connectivity index (χ4v) is 2.60. The van der Waals surface area contributed by atoms with Crippen molar-refractivity contribution in [3.05, 3.63) is 17.0 Å². The van der Waals surface area contributed by atoms with E-state index in [1.165, 1.54) is 7.11 Å². The van der Waals surface area contributed by atoms with Gasteiger partial charge in [-0.1, -0.05) is 6.92 Å². The summed E-state index contributed by atoms with van der Waals surface area (Å²) in [5.74, 6) is -1.16. The molecule has 1 aromatic rings. The normalized spacial score (nSPS) is 15.8. The number of carboxylic acids is 1. The maximum absolute atomic E-state index is 12.3. The third-order valence-corrected chi connectivity index (χ3v) is 3.69. The highest BCUT2D eigenvalue weighted by Gasteiger charge is 2.31. The van der Waals surface area contributed by atoms with E-state index in [4.69, 9.17) is 4.74 Å². The van der Waals surface area contributed by atoms with E-state index in [-0.39, 0.29) is 18.1 Å². The van der Waals surface area contributed by atoms with E-state index >= 15 is 0 Å². The van der Waals surface area contributed by atoms with Gasteiger partial charge in [-0.3, -0.25) is 9.48 Å². The average Bonchev–Trinajstić information content (AvgIpc) is 2.77. The predicted octanol–water partition coefficient (Wildman–Crippen LogP) is 0.428. The Morgan fingerprint density at radius 2 is 2.20 bits per heavy atom. The summed E-state index contributed by atoms with van der Waals surface area (Å²) in [6, 6.07) is 0. The SMILES string of the molecule is CC[C@H](OC)C(=O)N1CCc2c(c(C(=O)O)nn2C)C1. The van der Waals surface area contributed by atoms with Crippen molar-refractivity contribution in [3.63, 3.8) is 0 Å². The first-order valence-electron chi connectivity index (χ1n) is 6.59. The van der Waals surface area contributed by atoms with Crippen molar-refractivity contribution in [3.8, 4) is 0 Å². The Hall–Kier alpha value is -1.89. The molecule has 0 fully saturated rings. The summed E-state index contributed by atoms with van der Waals surface area (Å²) in [7, 11) is 3.24. The van der Waals surface area contributed by atoms with E-state index in [1.807, 2.05) is 6.92 Å². The zero-order valence-electron chi connectivity index (χ0n) is 11.9. The largest absolute Gasteiger partial charge is 0.476 e. The van der Waals surface area contributed by atoms with E-state index in [0.717, 1.165) is 5.69 Å². The smallest absolute Gasteiger partial charge is 0.356 e. The molecular weight excluding hydrogens is 262 g/mol. The second kappa shape index (κ2) is 5.62. The molecular formula is C13H19N3O4. The van der Waals surface area contributed by atoms with Crippen molar-refractivity contribution in [1.82, 2.24) is 14.7 Å². The minimum Gasteiger partial charge on any atom is -0.476 e. The lowest BCUT2D eigenvalue weighted by Crippen LogP contribution is -2.43. The Morgan fingerprint density at radius 1 is 1.50 bits per heavy atom. The summed E-state index contributed by atoms with van der Waals surface area (Å²) in [6.07, 6.45) is 0.733. The molecule has 0 saturated heterocycles. The molecule has 7 nitrogen and oxygen atoms in total. The van der Waals surface area contributed by atoms with Crippen LogP contribution in [0.25, 0.3) is 0 Å². The molecule has 1 aromatic heterocycles. The van der Waals surface area contributed by atoms with Crippen LogP contribution < -0.4 is 0 Å². The number of amides is 1. The number of aryl methyl sites for hydroxylation is 1. The first-order valence-corrected chi connectivity index (χ1v) is 6.59. The molecule has 2 heterocycles. The monoisotopic (exact) mass is 281 g/mol. The van der Waals surface area contributed by atoms with Crippen molar-refractivity contribution < 1.29 is 19.4 Å². The Kier molecular flexibility index (Phi) is 4.08. The van der Waals surface area contributed by atoms with Crippen LogP contribution in [0.3, 0.4) is 0 Å². The van der Waals surface area contributed by atoms with Crippen molar-refractivity contribution in [2.24, 2.45) is 7.05 Å². The number of fused-ring (bicyclic) bond motifs is 1. The molecule has 0 spiro atoms. The summed E-state index contributed by atoms with van der Waals surface area (Å²) < 4.78 is 6.75. The number of methoxy groups -OCH3 is 1. The van der Waals surface area contributed by atoms with Crippen LogP contribution in [0.1, 0.15) is 35.1 Å². The molecule has 1 N–H and O–H groups in total. The molecule has 0 bridgehead atoms. The number of rotatable bonds is 4. The van der Waals surface area contributed by atoms with Crippen molar-refractivity contribution in [2.45, 2.75) is 32.4 Å². The number of hydrogen-bond donors (Lipinski definition) is 1. The van der Waals surface area contributed by atoms with E-state index in [2.05, 4.69) is 5.10 Å². The van der Waals surface area contributed by atoms with Gasteiger partial charge in [-0.05, 0) is 6.42 Å². The number of nitrogens with zero attached hydrogens (tertiary/aromatic N) is 3. The topological polar surface area (TPSA) is 84.7 Å². The number of aromatic carboxylic acids is 1. The van der Waals surface area contributed by atoms with Crippen molar-refractivity contribution >= 4 is 11.9 Å². The quantitative estimate of drug-likeness (QED) is 0.865. The van der Waals surface area contributed by atoms with Gasteiger partial charge in [0.05, 0.1) is 0 Å². The lowest BCUT2D eigenvalue weighted by atomic mass is 10.0. The number of aromatic nitrogens is 2. The maximum atomic E-state index is 12.3. The highest BCUT2D eigenvalue weighted by atomic mass is 16.5. The Labute approximate surface area is 117 Å². The van der Waals surface area contributed by atoms with E-state index in [1.54, 1.807) is 16.6 Å². The fraction of sp³-hybridized carbons (Fsp3) is 0.615. The van der Waals surface area contributed by atoms with Crippen LogP contribution in [-0.2, 0) is 29.5 Å². The molecule has 1 amide bonds. The summed E-state index contributed by atoms with van der Waals surface area (Å²) in [6.45, 7) is 2.72. The first-order chi connectivity index (χ1) is 9.49. The molecule has 0 aromatic carbocycles. The zero-order valence-corrected chi connectivity index (χ0v) is 11.9. The van der Waals surface area contributed by atoms with Gasteiger partial charge in [0.25, 0.3) is 5.91 Å². The molecule has 110 valence electrons. The lowest BCUT2D eigenvalue weighted by molar-refractivity contribution is -0.143. The Morgan fingerprint density at radius 3 is 2.75 bits per heavy atom. The molecule has 0 saturated carbocycles. The second-order valence-corrected chi connectivity index (χ2v) is 4.84. The molecule has 1 aliphatic rings. The minimum absolute atomic E-state index is 0.0328. The Bertz CT molecular complexity index is 534. The predicted molar refractivity (Wildman–Crippen MR) is 70.4 cm³/mol. The molecule has 1 atom stereocenters. The highest BCUT2D eigenvalue weighted by molar-refractivity contribution is 5.88. The molecule has 0 unspecified atom stereocenters. The van der Waals surface area contributed by atoms with Crippen molar-refractivity contribution in [1.29, 1.82) is 0 Å². The van der Waals surface area contributed by atoms with Gasteiger partial charge in [0.1, 0.15) is 6.10 Å². The van der Waals surface area contributed by atoms with Crippen LogP contribution in [-0.4, -0.2) is 51.4 Å². The average molecular weight is 281 g/mol. The van der Waals surface area contributed by atoms with Gasteiger partial charge < -0.3 is 14.7 Å². The highest BCUT2D eigenvalue weighted by Crippen LogP contribution is 2.23. The summed E-state index contributed by atoms with van der Waals surface area (Å²) in [5, 5.41) is 13.2.